The molecule has 2 N–H and O–H groups in total. The Bertz CT molecular complexity index is 905. The number of carbonyl (C=O) groups is 1. The van der Waals surface area contributed by atoms with Crippen LogP contribution < -0.4 is 10.2 Å². The third kappa shape index (κ3) is 4.34. The summed E-state index contributed by atoms with van der Waals surface area (Å²) in [5, 5.41) is 6.44. The van der Waals surface area contributed by atoms with Crippen molar-refractivity contribution >= 4 is 21.7 Å². The van der Waals surface area contributed by atoms with E-state index in [-0.39, 0.29) is 29.9 Å². The van der Waals surface area contributed by atoms with Crippen molar-refractivity contribution in [2.24, 2.45) is 0 Å². The molecule has 1 amide bonds. The van der Waals surface area contributed by atoms with Gasteiger partial charge < -0.3 is 14.7 Å². The molecule has 146 valence electrons. The highest BCUT2D eigenvalue weighted by Gasteiger charge is 2.34. The van der Waals surface area contributed by atoms with Crippen molar-refractivity contribution in [3.8, 4) is 0 Å². The maximum Gasteiger partial charge on any atom is 0.283 e. The number of nitrogens with zero attached hydrogens (tertiary/aromatic N) is 2. The molecule has 8 nitrogen and oxygen atoms in total. The minimum absolute atomic E-state index is 0.0690. The average Bonchev–Trinajstić information content (AvgIpc) is 3.06. The predicted octanol–water partition coefficient (Wildman–Crippen LogP) is 0.0385. The smallest absolute Gasteiger partial charge is 0.283 e. The van der Waals surface area contributed by atoms with Gasteiger partial charge in [-0.2, -0.15) is 4.31 Å². The Hall–Kier alpha value is -2.30. The van der Waals surface area contributed by atoms with E-state index in [1.807, 2.05) is 0 Å². The van der Waals surface area contributed by atoms with Gasteiger partial charge in [-0.05, 0) is 38.1 Å². The lowest BCUT2D eigenvalue weighted by Gasteiger charge is -2.34. The van der Waals surface area contributed by atoms with E-state index < -0.39 is 15.8 Å². The Morgan fingerprint density at radius 1 is 1.30 bits per heavy atom. The highest BCUT2D eigenvalue weighted by atomic mass is 32.2. The molecule has 1 saturated heterocycles. The third-order valence-corrected chi connectivity index (χ3v) is 6.61. The van der Waals surface area contributed by atoms with Gasteiger partial charge in [0.25, 0.3) is 5.91 Å². The first-order valence-corrected chi connectivity index (χ1v) is 10.1. The molecule has 3 rings (SSSR count). The monoisotopic (exact) mass is 397 g/mol. The number of aryl methyl sites for hydroxylation is 1. The topological polar surface area (TPSA) is 97.0 Å². The van der Waals surface area contributed by atoms with Gasteiger partial charge in [0.1, 0.15) is 11.6 Å². The fraction of sp³-hybridized carbons (Fsp3) is 0.412. The first-order chi connectivity index (χ1) is 12.8. The molecule has 2 heterocycles. The molecule has 0 spiro atoms. The third-order valence-electron chi connectivity index (χ3n) is 4.70. The van der Waals surface area contributed by atoms with Gasteiger partial charge in [-0.1, -0.05) is 5.16 Å². The molecule has 0 radical (unpaired) electrons. The number of piperazine rings is 1. The first-order valence-electron chi connectivity index (χ1n) is 8.62. The molecule has 1 aromatic heterocycles. The van der Waals surface area contributed by atoms with Gasteiger partial charge in [0, 0.05) is 6.07 Å². The Morgan fingerprint density at radius 3 is 2.48 bits per heavy atom. The number of anilines is 1. The van der Waals surface area contributed by atoms with Gasteiger partial charge in [0.15, 0.2) is 11.9 Å². The molecule has 0 saturated carbocycles. The molecule has 0 unspecified atom stereocenters. The molecule has 10 heteroatoms. The number of hydrogen-bond acceptors (Lipinski definition) is 5. The van der Waals surface area contributed by atoms with E-state index >= 15 is 0 Å². The van der Waals surface area contributed by atoms with Crippen molar-refractivity contribution in [2.75, 3.05) is 31.5 Å². The van der Waals surface area contributed by atoms with Crippen LogP contribution in [0.5, 0.6) is 0 Å². The number of amides is 1. The molecule has 0 aliphatic carbocycles. The predicted molar refractivity (Wildman–Crippen MR) is 95.2 cm³/mol. The van der Waals surface area contributed by atoms with Crippen molar-refractivity contribution < 1.29 is 27.0 Å². The summed E-state index contributed by atoms with van der Waals surface area (Å²) in [7, 11) is -3.66. The van der Waals surface area contributed by atoms with Gasteiger partial charge in [-0.15, -0.1) is 0 Å². The molecule has 1 aliphatic rings. The number of hydrogen-bond donors (Lipinski definition) is 2. The lowest BCUT2D eigenvalue weighted by atomic mass is 10.2. The Labute approximate surface area is 157 Å². The van der Waals surface area contributed by atoms with Crippen molar-refractivity contribution in [3.63, 3.8) is 0 Å². The van der Waals surface area contributed by atoms with E-state index in [1.54, 1.807) is 19.9 Å². The van der Waals surface area contributed by atoms with Crippen LogP contribution in [0.1, 0.15) is 12.7 Å². The zero-order valence-corrected chi connectivity index (χ0v) is 15.9. The molecule has 27 heavy (non-hydrogen) atoms. The minimum Gasteiger partial charge on any atom is -0.360 e. The number of rotatable bonds is 5. The zero-order chi connectivity index (χ0) is 19.6. The van der Waals surface area contributed by atoms with Crippen LogP contribution >= 0.6 is 0 Å². The minimum atomic E-state index is -3.66. The van der Waals surface area contributed by atoms with E-state index in [1.165, 1.54) is 16.4 Å². The molecular weight excluding hydrogens is 375 g/mol. The Morgan fingerprint density at radius 2 is 1.93 bits per heavy atom. The van der Waals surface area contributed by atoms with Crippen LogP contribution in [-0.2, 0) is 14.8 Å². The fourth-order valence-electron chi connectivity index (χ4n) is 3.05. The van der Waals surface area contributed by atoms with Crippen molar-refractivity contribution in [1.29, 1.82) is 0 Å². The van der Waals surface area contributed by atoms with Crippen LogP contribution in [0.15, 0.2) is 39.8 Å². The van der Waals surface area contributed by atoms with E-state index in [2.05, 4.69) is 10.5 Å². The lowest BCUT2D eigenvalue weighted by Crippen LogP contribution is -3.19. The Kier molecular flexibility index (Phi) is 5.59. The molecule has 0 bridgehead atoms. The summed E-state index contributed by atoms with van der Waals surface area (Å²) in [6.07, 6.45) is 0. The van der Waals surface area contributed by atoms with Gasteiger partial charge in [-0.3, -0.25) is 4.79 Å². The summed E-state index contributed by atoms with van der Waals surface area (Å²) < 4.78 is 44.6. The summed E-state index contributed by atoms with van der Waals surface area (Å²) in [6.45, 7) is 5.09. The lowest BCUT2D eigenvalue weighted by molar-refractivity contribution is -0.917. The zero-order valence-electron chi connectivity index (χ0n) is 15.1. The second-order valence-corrected chi connectivity index (χ2v) is 8.49. The largest absolute Gasteiger partial charge is 0.360 e. The van der Waals surface area contributed by atoms with Crippen molar-refractivity contribution in [1.82, 2.24) is 9.46 Å². The standard InChI is InChI=1S/C17H21FN4O4S/c1-12-11-16(20-26-12)19-17(23)13(2)21-7-9-22(10-8-21)27(24,25)15-5-3-14(18)4-6-15/h3-6,11,13H,7-10H2,1-2H3,(H,19,20,23)/p+1/t13-/m0/s1. The summed E-state index contributed by atoms with van der Waals surface area (Å²) in [5.74, 6) is 0.282. The normalized spacial score (nSPS) is 17.6. The van der Waals surface area contributed by atoms with E-state index in [4.69, 9.17) is 4.52 Å². The first kappa shape index (κ1) is 19.5. The molecule has 1 fully saturated rings. The summed E-state index contributed by atoms with van der Waals surface area (Å²) in [5.41, 5.74) is 0. The highest BCUT2D eigenvalue weighted by molar-refractivity contribution is 7.89. The summed E-state index contributed by atoms with van der Waals surface area (Å²) >= 11 is 0. The van der Waals surface area contributed by atoms with Crippen LogP contribution in [0, 0.1) is 12.7 Å². The number of benzene rings is 1. The number of quaternary nitrogens is 1. The summed E-state index contributed by atoms with van der Waals surface area (Å²) in [4.78, 5) is 13.4. The van der Waals surface area contributed by atoms with Crippen molar-refractivity contribution in [3.05, 3.63) is 41.9 Å². The molecular formula is C17H22FN4O4S+. The van der Waals surface area contributed by atoms with Crippen LogP contribution in [0.2, 0.25) is 0 Å². The second kappa shape index (κ2) is 7.75. The molecule has 1 aliphatic heterocycles. The van der Waals surface area contributed by atoms with Crippen LogP contribution in [0.25, 0.3) is 0 Å². The number of aromatic nitrogens is 1. The highest BCUT2D eigenvalue weighted by Crippen LogP contribution is 2.16. The van der Waals surface area contributed by atoms with E-state index in [0.717, 1.165) is 17.0 Å². The number of halogens is 1. The summed E-state index contributed by atoms with van der Waals surface area (Å²) in [6, 6.07) is 6.06. The van der Waals surface area contributed by atoms with Crippen LogP contribution in [-0.4, -0.2) is 56.0 Å². The molecule has 2 aromatic rings. The van der Waals surface area contributed by atoms with E-state index in [0.29, 0.717) is 24.7 Å². The average molecular weight is 397 g/mol. The molecule has 1 aromatic carbocycles. The van der Waals surface area contributed by atoms with Gasteiger partial charge in [0.05, 0.1) is 31.1 Å². The fourth-order valence-corrected chi connectivity index (χ4v) is 4.49. The van der Waals surface area contributed by atoms with Gasteiger partial charge in [0.2, 0.25) is 10.0 Å². The molecule has 1 atom stereocenters. The van der Waals surface area contributed by atoms with Crippen LogP contribution in [0.4, 0.5) is 10.2 Å². The van der Waals surface area contributed by atoms with E-state index in [9.17, 15) is 17.6 Å². The Balaban J connectivity index is 1.59. The van der Waals surface area contributed by atoms with Gasteiger partial charge >= 0.3 is 0 Å². The number of carbonyl (C=O) groups excluding carboxylic acids is 1. The number of nitrogens with one attached hydrogen (secondary N) is 2. The quantitative estimate of drug-likeness (QED) is 0.743. The van der Waals surface area contributed by atoms with Crippen molar-refractivity contribution in [2.45, 2.75) is 24.8 Å². The number of sulfonamides is 1. The maximum absolute atomic E-state index is 13.0. The van der Waals surface area contributed by atoms with Gasteiger partial charge in [-0.25, -0.2) is 12.8 Å². The van der Waals surface area contributed by atoms with Crippen LogP contribution in [0.3, 0.4) is 0 Å². The maximum atomic E-state index is 13.0. The second-order valence-electron chi connectivity index (χ2n) is 6.55. The SMILES string of the molecule is Cc1cc(NC(=O)[C@H](C)[NH+]2CCN(S(=O)(=O)c3ccc(F)cc3)CC2)no1.